The van der Waals surface area contributed by atoms with Crippen LogP contribution in [0.1, 0.15) is 40.5 Å². The van der Waals surface area contributed by atoms with Crippen molar-refractivity contribution < 1.29 is 14.6 Å². The van der Waals surface area contributed by atoms with E-state index in [1.807, 2.05) is 13.0 Å². The van der Waals surface area contributed by atoms with Crippen molar-refractivity contribution in [1.82, 2.24) is 0 Å². The molecule has 0 saturated heterocycles. The lowest BCUT2D eigenvalue weighted by Gasteiger charge is -2.18. The highest BCUT2D eigenvalue weighted by Crippen LogP contribution is 2.24. The van der Waals surface area contributed by atoms with Crippen molar-refractivity contribution in [3.8, 4) is 11.5 Å². The Morgan fingerprint density at radius 2 is 1.96 bits per heavy atom. The van der Waals surface area contributed by atoms with Crippen LogP contribution in [0.4, 0.5) is 0 Å². The number of rotatable bonds is 7. The molecule has 23 heavy (non-hydrogen) atoms. The van der Waals surface area contributed by atoms with E-state index in [0.29, 0.717) is 13.0 Å². The van der Waals surface area contributed by atoms with E-state index in [9.17, 15) is 9.90 Å². The summed E-state index contributed by atoms with van der Waals surface area (Å²) < 4.78 is 4.88. The molecule has 1 unspecified atom stereocenters. The van der Waals surface area contributed by atoms with Gasteiger partial charge in [-0.15, -0.1) is 5.54 Å². The number of hydrogen-bond acceptors (Lipinski definition) is 3. The van der Waals surface area contributed by atoms with E-state index in [-0.39, 0.29) is 11.4 Å². The maximum atomic E-state index is 11.4. The number of carbonyl (C=O) groups excluding carboxylic acids is 1. The number of aliphatic hydroxyl groups is 1. The van der Waals surface area contributed by atoms with Crippen LogP contribution in [0.5, 0.6) is 0 Å². The molecule has 0 heterocycles. The molecule has 0 aliphatic carbocycles. The highest BCUT2D eigenvalue weighted by Gasteiger charge is 2.14. The van der Waals surface area contributed by atoms with E-state index < -0.39 is 14.2 Å². The second-order valence-corrected chi connectivity index (χ2v) is 12.3. The van der Waals surface area contributed by atoms with Gasteiger partial charge in [-0.05, 0) is 25.7 Å². The van der Waals surface area contributed by atoms with Crippen LogP contribution in [0.2, 0.25) is 19.6 Å². The molecule has 4 heteroatoms. The zero-order chi connectivity index (χ0) is 18.1. The maximum absolute atomic E-state index is 11.4. The summed E-state index contributed by atoms with van der Waals surface area (Å²) in [7, 11) is -1.44. The molecule has 3 nitrogen and oxygen atoms in total. The molecule has 0 rings (SSSR count). The summed E-state index contributed by atoms with van der Waals surface area (Å²) in [6, 6.07) is 0. The fourth-order valence-electron chi connectivity index (χ4n) is 1.73. The monoisotopic (exact) mass is 336 g/mol. The lowest BCUT2D eigenvalue weighted by atomic mass is 9.87. The molecule has 0 aliphatic heterocycles. The third-order valence-corrected chi connectivity index (χ3v) is 3.96. The highest BCUT2D eigenvalue weighted by molar-refractivity contribution is 6.83. The molecule has 0 bridgehead atoms. The summed E-state index contributed by atoms with van der Waals surface area (Å²) in [4.78, 5) is 11.4. The average Bonchev–Trinajstić information content (AvgIpc) is 2.41. The molecule has 0 aromatic heterocycles. The normalized spacial score (nSPS) is 14.3. The Balaban J connectivity index is 4.57. The van der Waals surface area contributed by atoms with Gasteiger partial charge in [-0.1, -0.05) is 57.1 Å². The first-order chi connectivity index (χ1) is 10.4. The van der Waals surface area contributed by atoms with Crippen LogP contribution < -0.4 is 0 Å². The molecular weight excluding hydrogens is 304 g/mol. The van der Waals surface area contributed by atoms with Crippen LogP contribution >= 0.6 is 0 Å². The van der Waals surface area contributed by atoms with Gasteiger partial charge in [-0.3, -0.25) is 0 Å². The van der Waals surface area contributed by atoms with Crippen molar-refractivity contribution >= 4 is 14.0 Å². The van der Waals surface area contributed by atoms with Crippen molar-refractivity contribution in [1.29, 1.82) is 0 Å². The molecule has 0 aromatic rings. The third-order valence-electron chi connectivity index (χ3n) is 3.06. The minimum atomic E-state index is -1.44. The van der Waals surface area contributed by atoms with Gasteiger partial charge in [0.25, 0.3) is 0 Å². The lowest BCUT2D eigenvalue weighted by molar-refractivity contribution is -0.137. The zero-order valence-electron chi connectivity index (χ0n) is 15.7. The standard InChI is InChI=1S/C19H32O3Si/c1-8-22-18(21)10-13-19(3,4)12-9-16(2)15-17(20)11-14-23(5,6)7/h9-10,13,17,20H,8,12,15H2,1-7H3/b13-10+,16-9+. The van der Waals surface area contributed by atoms with Crippen LogP contribution in [0.3, 0.4) is 0 Å². The lowest BCUT2D eigenvalue weighted by Crippen LogP contribution is -2.18. The van der Waals surface area contributed by atoms with Crippen LogP contribution in [0.15, 0.2) is 23.8 Å². The second kappa shape index (κ2) is 9.74. The number of carbonyl (C=O) groups is 1. The number of esters is 1. The molecule has 130 valence electrons. The third kappa shape index (κ3) is 12.9. The molecule has 1 atom stereocenters. The topological polar surface area (TPSA) is 46.5 Å². The Bertz CT molecular complexity index is 499. The van der Waals surface area contributed by atoms with Gasteiger partial charge in [0, 0.05) is 12.5 Å². The van der Waals surface area contributed by atoms with E-state index in [0.717, 1.165) is 12.0 Å². The van der Waals surface area contributed by atoms with E-state index in [4.69, 9.17) is 4.74 Å². The smallest absolute Gasteiger partial charge is 0.330 e. The maximum Gasteiger partial charge on any atom is 0.330 e. The molecule has 0 aliphatic rings. The minimum absolute atomic E-state index is 0.136. The molecule has 1 N–H and O–H groups in total. The first-order valence-electron chi connectivity index (χ1n) is 8.17. The fourth-order valence-corrected chi connectivity index (χ4v) is 2.33. The first-order valence-corrected chi connectivity index (χ1v) is 11.7. The Labute approximate surface area is 142 Å². The molecule has 0 spiro atoms. The predicted octanol–water partition coefficient (Wildman–Crippen LogP) is 4.10. The largest absolute Gasteiger partial charge is 0.463 e. The van der Waals surface area contributed by atoms with E-state index in [2.05, 4.69) is 51.0 Å². The van der Waals surface area contributed by atoms with E-state index in [1.54, 1.807) is 6.92 Å². The van der Waals surface area contributed by atoms with Crippen LogP contribution in [-0.2, 0) is 9.53 Å². The quantitative estimate of drug-likeness (QED) is 0.250. The van der Waals surface area contributed by atoms with Crippen LogP contribution in [-0.4, -0.2) is 31.9 Å². The van der Waals surface area contributed by atoms with Gasteiger partial charge in [0.1, 0.15) is 14.2 Å². The summed E-state index contributed by atoms with van der Waals surface area (Å²) in [5, 5.41) is 9.98. The Morgan fingerprint density at radius 1 is 1.35 bits per heavy atom. The number of hydrogen-bond donors (Lipinski definition) is 1. The van der Waals surface area contributed by atoms with E-state index >= 15 is 0 Å². The molecule has 0 saturated carbocycles. The fraction of sp³-hybridized carbons (Fsp3) is 0.632. The molecule has 0 radical (unpaired) electrons. The Morgan fingerprint density at radius 3 is 2.48 bits per heavy atom. The van der Waals surface area contributed by atoms with Crippen LogP contribution in [0.25, 0.3) is 0 Å². The van der Waals surface area contributed by atoms with Crippen LogP contribution in [0, 0.1) is 16.9 Å². The van der Waals surface area contributed by atoms with Gasteiger partial charge in [0.15, 0.2) is 0 Å². The van der Waals surface area contributed by atoms with Crippen molar-refractivity contribution in [3.63, 3.8) is 0 Å². The number of ether oxygens (including phenoxy) is 1. The minimum Gasteiger partial charge on any atom is -0.463 e. The summed E-state index contributed by atoms with van der Waals surface area (Å²) in [6.45, 7) is 14.8. The number of aliphatic hydroxyl groups excluding tert-OH is 1. The van der Waals surface area contributed by atoms with E-state index in [1.165, 1.54) is 6.08 Å². The molecule has 0 amide bonds. The molecule has 0 aromatic carbocycles. The average molecular weight is 337 g/mol. The Kier molecular flexibility index (Phi) is 9.19. The van der Waals surface area contributed by atoms with Gasteiger partial charge >= 0.3 is 5.97 Å². The summed E-state index contributed by atoms with van der Waals surface area (Å²) in [5.41, 5.74) is 4.17. The van der Waals surface area contributed by atoms with Crippen molar-refractivity contribution in [2.75, 3.05) is 6.61 Å². The molecule has 0 fully saturated rings. The Hall–Kier alpha value is -1.31. The van der Waals surface area contributed by atoms with Crippen molar-refractivity contribution in [3.05, 3.63) is 23.8 Å². The summed E-state index contributed by atoms with van der Waals surface area (Å²) in [5.74, 6) is 2.65. The van der Waals surface area contributed by atoms with Gasteiger partial charge in [0.2, 0.25) is 0 Å². The second-order valence-electron chi connectivity index (χ2n) is 7.57. The van der Waals surface area contributed by atoms with Gasteiger partial charge in [-0.25, -0.2) is 4.79 Å². The van der Waals surface area contributed by atoms with Gasteiger partial charge in [0.05, 0.1) is 6.61 Å². The SMILES string of the molecule is CCOC(=O)/C=C/C(C)(C)C/C=C(\C)CC(O)C#C[Si](C)(C)C. The zero-order valence-corrected chi connectivity index (χ0v) is 16.7. The highest BCUT2D eigenvalue weighted by atomic mass is 28.3. The number of allylic oxidation sites excluding steroid dienone is 2. The van der Waals surface area contributed by atoms with Gasteiger partial charge in [-0.2, -0.15) is 0 Å². The van der Waals surface area contributed by atoms with Gasteiger partial charge < -0.3 is 9.84 Å². The van der Waals surface area contributed by atoms with Crippen molar-refractivity contribution in [2.45, 2.75) is 66.3 Å². The summed E-state index contributed by atoms with van der Waals surface area (Å²) in [6.07, 6.45) is 6.22. The first kappa shape index (κ1) is 21.7. The molecular formula is C19H32O3Si. The predicted molar refractivity (Wildman–Crippen MR) is 99.7 cm³/mol. The summed E-state index contributed by atoms with van der Waals surface area (Å²) >= 11 is 0. The van der Waals surface area contributed by atoms with Crippen molar-refractivity contribution in [2.24, 2.45) is 5.41 Å².